The zero-order chi connectivity index (χ0) is 8.81. The quantitative estimate of drug-likeness (QED) is 0.735. The molecule has 4 heteroatoms. The maximum atomic E-state index is 4.03. The second-order valence-electron chi connectivity index (χ2n) is 2.81. The molecule has 0 amide bonds. The Bertz CT molecular complexity index is 198. The Morgan fingerprint density at radius 3 is 3.08 bits per heavy atom. The summed E-state index contributed by atoms with van der Waals surface area (Å²) in [4.78, 5) is 7.64. The van der Waals surface area contributed by atoms with E-state index in [1.54, 1.807) is 11.3 Å². The van der Waals surface area contributed by atoms with Crippen molar-refractivity contribution in [3.05, 3.63) is 16.6 Å². The van der Waals surface area contributed by atoms with E-state index < -0.39 is 0 Å². The lowest BCUT2D eigenvalue weighted by Gasteiger charge is -2.14. The predicted octanol–water partition coefficient (Wildman–Crippen LogP) is 0.794. The first-order valence-electron chi connectivity index (χ1n) is 4.03. The highest BCUT2D eigenvalue weighted by Crippen LogP contribution is 2.07. The van der Waals surface area contributed by atoms with Crippen LogP contribution in [0.3, 0.4) is 0 Å². The summed E-state index contributed by atoms with van der Waals surface area (Å²) in [5.74, 6) is 0. The van der Waals surface area contributed by atoms with E-state index >= 15 is 0 Å². The van der Waals surface area contributed by atoms with Crippen LogP contribution in [0.15, 0.2) is 11.7 Å². The third-order valence-electron chi connectivity index (χ3n) is 1.65. The van der Waals surface area contributed by atoms with Gasteiger partial charge in [0, 0.05) is 30.7 Å². The first kappa shape index (κ1) is 9.64. The number of nitrogens with one attached hydrogen (secondary N) is 1. The SMILES string of the molecule is CNCCN(C)Cc1cncs1. The van der Waals surface area contributed by atoms with Crippen molar-refractivity contribution in [1.29, 1.82) is 0 Å². The van der Waals surface area contributed by atoms with Gasteiger partial charge in [-0.25, -0.2) is 0 Å². The summed E-state index contributed by atoms with van der Waals surface area (Å²) < 4.78 is 0. The molecule has 0 aromatic carbocycles. The van der Waals surface area contributed by atoms with Crippen LogP contribution in [0.25, 0.3) is 0 Å². The van der Waals surface area contributed by atoms with Crippen molar-refractivity contribution in [2.75, 3.05) is 27.2 Å². The van der Waals surface area contributed by atoms with Crippen molar-refractivity contribution in [3.8, 4) is 0 Å². The van der Waals surface area contributed by atoms with Gasteiger partial charge in [0.05, 0.1) is 5.51 Å². The minimum absolute atomic E-state index is 1.01. The fourth-order valence-corrected chi connectivity index (χ4v) is 1.64. The third-order valence-corrected chi connectivity index (χ3v) is 2.42. The molecule has 1 rings (SSSR count). The number of hydrogen-bond donors (Lipinski definition) is 1. The van der Waals surface area contributed by atoms with E-state index in [2.05, 4.69) is 22.2 Å². The lowest BCUT2D eigenvalue weighted by Crippen LogP contribution is -2.26. The molecule has 0 fully saturated rings. The molecule has 0 aliphatic heterocycles. The summed E-state index contributed by atoms with van der Waals surface area (Å²) in [6.45, 7) is 3.12. The van der Waals surface area contributed by atoms with Gasteiger partial charge in [0.15, 0.2) is 0 Å². The number of hydrogen-bond acceptors (Lipinski definition) is 4. The third kappa shape index (κ3) is 3.30. The monoisotopic (exact) mass is 185 g/mol. The smallest absolute Gasteiger partial charge is 0.0794 e. The van der Waals surface area contributed by atoms with Crippen molar-refractivity contribution in [2.24, 2.45) is 0 Å². The Morgan fingerprint density at radius 2 is 2.50 bits per heavy atom. The molecule has 3 nitrogen and oxygen atoms in total. The molecule has 0 spiro atoms. The fraction of sp³-hybridized carbons (Fsp3) is 0.625. The van der Waals surface area contributed by atoms with Crippen LogP contribution in [-0.2, 0) is 6.54 Å². The first-order chi connectivity index (χ1) is 5.83. The second-order valence-corrected chi connectivity index (χ2v) is 3.78. The van der Waals surface area contributed by atoms with Gasteiger partial charge in [0.2, 0.25) is 0 Å². The van der Waals surface area contributed by atoms with Gasteiger partial charge in [0.1, 0.15) is 0 Å². The molecule has 12 heavy (non-hydrogen) atoms. The largest absolute Gasteiger partial charge is 0.318 e. The van der Waals surface area contributed by atoms with Gasteiger partial charge in [-0.3, -0.25) is 9.88 Å². The maximum Gasteiger partial charge on any atom is 0.0794 e. The summed E-state index contributed by atoms with van der Waals surface area (Å²) in [5, 5.41) is 3.12. The standard InChI is InChI=1S/C8H15N3S/c1-9-3-4-11(2)6-8-5-10-7-12-8/h5,7,9H,3-4,6H2,1-2H3. The highest BCUT2D eigenvalue weighted by Gasteiger charge is 1.99. The van der Waals surface area contributed by atoms with E-state index in [1.807, 2.05) is 18.8 Å². The van der Waals surface area contributed by atoms with Crippen LogP contribution < -0.4 is 5.32 Å². The molecule has 1 heterocycles. The van der Waals surface area contributed by atoms with E-state index in [-0.39, 0.29) is 0 Å². The van der Waals surface area contributed by atoms with Crippen LogP contribution in [0.2, 0.25) is 0 Å². The van der Waals surface area contributed by atoms with Crippen molar-refractivity contribution < 1.29 is 0 Å². The lowest BCUT2D eigenvalue weighted by atomic mass is 10.4. The van der Waals surface area contributed by atoms with Gasteiger partial charge in [-0.1, -0.05) is 0 Å². The number of thiazole rings is 1. The average molecular weight is 185 g/mol. The highest BCUT2D eigenvalue weighted by atomic mass is 32.1. The Balaban J connectivity index is 2.22. The average Bonchev–Trinajstić information content (AvgIpc) is 2.53. The predicted molar refractivity (Wildman–Crippen MR) is 52.4 cm³/mol. The lowest BCUT2D eigenvalue weighted by molar-refractivity contribution is 0.331. The minimum atomic E-state index is 1.01. The Morgan fingerprint density at radius 1 is 1.67 bits per heavy atom. The topological polar surface area (TPSA) is 28.2 Å². The van der Waals surface area contributed by atoms with Crippen molar-refractivity contribution in [1.82, 2.24) is 15.2 Å². The molecule has 1 aromatic heterocycles. The zero-order valence-corrected chi connectivity index (χ0v) is 8.40. The molecule has 0 aliphatic carbocycles. The molecule has 0 saturated heterocycles. The van der Waals surface area contributed by atoms with Gasteiger partial charge >= 0.3 is 0 Å². The molecular formula is C8H15N3S. The van der Waals surface area contributed by atoms with Crippen molar-refractivity contribution >= 4 is 11.3 Å². The molecule has 0 bridgehead atoms. The number of rotatable bonds is 5. The van der Waals surface area contributed by atoms with Gasteiger partial charge in [0.25, 0.3) is 0 Å². The maximum absolute atomic E-state index is 4.03. The normalized spacial score (nSPS) is 10.9. The highest BCUT2D eigenvalue weighted by molar-refractivity contribution is 7.09. The van der Waals surface area contributed by atoms with E-state index in [0.29, 0.717) is 0 Å². The van der Waals surface area contributed by atoms with Crippen molar-refractivity contribution in [2.45, 2.75) is 6.54 Å². The Hall–Kier alpha value is -0.450. The molecule has 0 unspecified atom stereocenters. The molecule has 0 aliphatic rings. The van der Waals surface area contributed by atoms with E-state index in [9.17, 15) is 0 Å². The molecule has 1 N–H and O–H groups in total. The summed E-state index contributed by atoms with van der Waals surface area (Å²) >= 11 is 1.71. The van der Waals surface area contributed by atoms with Crippen LogP contribution >= 0.6 is 11.3 Å². The summed E-state index contributed by atoms with van der Waals surface area (Å²) in [7, 11) is 4.09. The summed E-state index contributed by atoms with van der Waals surface area (Å²) in [6.07, 6.45) is 1.93. The van der Waals surface area contributed by atoms with Crippen molar-refractivity contribution in [3.63, 3.8) is 0 Å². The number of nitrogens with zero attached hydrogens (tertiary/aromatic N) is 2. The minimum Gasteiger partial charge on any atom is -0.318 e. The summed E-state index contributed by atoms with van der Waals surface area (Å²) in [5.41, 5.74) is 1.88. The molecule has 68 valence electrons. The zero-order valence-electron chi connectivity index (χ0n) is 7.58. The fourth-order valence-electron chi connectivity index (χ4n) is 0.968. The van der Waals surface area contributed by atoms with E-state index in [4.69, 9.17) is 0 Å². The van der Waals surface area contributed by atoms with E-state index in [1.165, 1.54) is 4.88 Å². The van der Waals surface area contributed by atoms with Gasteiger partial charge in [-0.15, -0.1) is 11.3 Å². The Kier molecular flexibility index (Phi) is 4.21. The molecular weight excluding hydrogens is 170 g/mol. The number of aromatic nitrogens is 1. The number of likely N-dealkylation sites (N-methyl/N-ethyl adjacent to an activating group) is 2. The van der Waals surface area contributed by atoms with E-state index in [0.717, 1.165) is 19.6 Å². The van der Waals surface area contributed by atoms with Gasteiger partial charge in [-0.05, 0) is 14.1 Å². The van der Waals surface area contributed by atoms with Gasteiger partial charge < -0.3 is 5.32 Å². The molecule has 0 atom stereocenters. The van der Waals surface area contributed by atoms with Crippen LogP contribution in [0.4, 0.5) is 0 Å². The second kappa shape index (κ2) is 5.24. The summed E-state index contributed by atoms with van der Waals surface area (Å²) in [6, 6.07) is 0. The first-order valence-corrected chi connectivity index (χ1v) is 4.91. The molecule has 1 aromatic rings. The van der Waals surface area contributed by atoms with Crippen LogP contribution in [0, 0.1) is 0 Å². The molecule has 0 saturated carbocycles. The Labute approximate surface area is 77.4 Å². The van der Waals surface area contributed by atoms with Crippen LogP contribution in [0.5, 0.6) is 0 Å². The van der Waals surface area contributed by atoms with Crippen LogP contribution in [0.1, 0.15) is 4.88 Å². The molecule has 0 radical (unpaired) electrons. The van der Waals surface area contributed by atoms with Gasteiger partial charge in [-0.2, -0.15) is 0 Å². The van der Waals surface area contributed by atoms with Crippen LogP contribution in [-0.4, -0.2) is 37.1 Å².